The van der Waals surface area contributed by atoms with Gasteiger partial charge in [0, 0.05) is 34.9 Å². The van der Waals surface area contributed by atoms with Crippen molar-refractivity contribution < 1.29 is 32.2 Å². The zero-order chi connectivity index (χ0) is 35.3. The molecule has 0 saturated heterocycles. The SMILES string of the molecule is CCOC(=O)c1cc2ccc(C)cc2n1Cc1cccc(C(F)(F)F)c1.CCOC(=O)c1cc2ccc(C)cc2n1Cc1cccc(C)c1. The fourth-order valence-corrected chi connectivity index (χ4v) is 5.84. The summed E-state index contributed by atoms with van der Waals surface area (Å²) in [5.74, 6) is -0.762. The number of nitrogens with zero attached hydrogens (tertiary/aromatic N) is 2. The molecule has 0 fully saturated rings. The minimum absolute atomic E-state index is 0.144. The van der Waals surface area contributed by atoms with Gasteiger partial charge in [0.05, 0.1) is 18.8 Å². The van der Waals surface area contributed by atoms with E-state index < -0.39 is 17.7 Å². The highest BCUT2D eigenvalue weighted by molar-refractivity contribution is 5.96. The number of hydrogen-bond acceptors (Lipinski definition) is 4. The van der Waals surface area contributed by atoms with E-state index in [0.717, 1.165) is 39.5 Å². The smallest absolute Gasteiger partial charge is 0.416 e. The quantitative estimate of drug-likeness (QED) is 0.152. The van der Waals surface area contributed by atoms with Crippen LogP contribution in [0.4, 0.5) is 13.2 Å². The Bertz CT molecular complexity index is 2120. The van der Waals surface area contributed by atoms with Gasteiger partial charge >= 0.3 is 18.1 Å². The van der Waals surface area contributed by atoms with Crippen LogP contribution in [-0.2, 0) is 28.7 Å². The first-order chi connectivity index (χ1) is 23.4. The van der Waals surface area contributed by atoms with Gasteiger partial charge in [-0.1, -0.05) is 66.2 Å². The lowest BCUT2D eigenvalue weighted by molar-refractivity contribution is -0.137. The van der Waals surface area contributed by atoms with Gasteiger partial charge in [-0.2, -0.15) is 13.2 Å². The van der Waals surface area contributed by atoms with Crippen LogP contribution >= 0.6 is 0 Å². The van der Waals surface area contributed by atoms with E-state index in [1.807, 2.05) is 44.2 Å². The zero-order valence-electron chi connectivity index (χ0n) is 28.2. The molecule has 6 nitrogen and oxygen atoms in total. The van der Waals surface area contributed by atoms with Gasteiger partial charge in [-0.15, -0.1) is 0 Å². The summed E-state index contributed by atoms with van der Waals surface area (Å²) in [6, 6.07) is 29.1. The molecule has 0 spiro atoms. The number of alkyl halides is 3. The molecule has 0 unspecified atom stereocenters. The van der Waals surface area contributed by atoms with Crippen molar-refractivity contribution in [3.05, 3.63) is 142 Å². The lowest BCUT2D eigenvalue weighted by Crippen LogP contribution is -2.13. The largest absolute Gasteiger partial charge is 0.461 e. The molecule has 0 aliphatic carbocycles. The van der Waals surface area contributed by atoms with Gasteiger partial charge in [0.2, 0.25) is 0 Å². The summed E-state index contributed by atoms with van der Waals surface area (Å²) in [6.45, 7) is 11.0. The Morgan fingerprint density at radius 1 is 0.592 bits per heavy atom. The number of hydrogen-bond donors (Lipinski definition) is 0. The average Bonchev–Trinajstić information content (AvgIpc) is 3.59. The van der Waals surface area contributed by atoms with Gasteiger partial charge in [-0.3, -0.25) is 0 Å². The van der Waals surface area contributed by atoms with Crippen molar-refractivity contribution >= 4 is 33.7 Å². The maximum atomic E-state index is 13.0. The molecule has 0 aliphatic rings. The molecule has 2 aromatic heterocycles. The molecule has 0 atom stereocenters. The molecule has 49 heavy (non-hydrogen) atoms. The highest BCUT2D eigenvalue weighted by atomic mass is 19.4. The van der Waals surface area contributed by atoms with Crippen LogP contribution in [0.3, 0.4) is 0 Å². The van der Waals surface area contributed by atoms with Crippen LogP contribution < -0.4 is 0 Å². The Balaban J connectivity index is 0.000000192. The van der Waals surface area contributed by atoms with Gasteiger partial charge in [0.1, 0.15) is 11.4 Å². The summed E-state index contributed by atoms with van der Waals surface area (Å²) in [5.41, 5.74) is 7.10. The molecule has 9 heteroatoms. The van der Waals surface area contributed by atoms with Gasteiger partial charge in [-0.25, -0.2) is 9.59 Å². The van der Waals surface area contributed by atoms with Crippen molar-refractivity contribution in [3.63, 3.8) is 0 Å². The number of benzene rings is 4. The standard InChI is InChI=1S/C20H18F3NO2.C20H21NO2/c1-3-26-19(25)18-11-15-8-7-13(2)9-17(15)24(18)12-14-5-4-6-16(10-14)20(21,22)23;1-4-23-20(22)19-12-17-9-8-15(3)11-18(17)21(19)13-16-7-5-6-14(2)10-16/h4-11H,3,12H2,1-2H3;5-12H,4,13H2,1-3H3. The second-order valence-corrected chi connectivity index (χ2v) is 12.0. The van der Waals surface area contributed by atoms with Gasteiger partial charge in [0.25, 0.3) is 0 Å². The Labute approximate surface area is 283 Å². The fourth-order valence-electron chi connectivity index (χ4n) is 5.84. The van der Waals surface area contributed by atoms with Gasteiger partial charge in [0.15, 0.2) is 0 Å². The number of halogens is 3. The average molecular weight is 669 g/mol. The van der Waals surface area contributed by atoms with Crippen LogP contribution in [0.25, 0.3) is 21.8 Å². The van der Waals surface area contributed by atoms with E-state index in [4.69, 9.17) is 9.47 Å². The Morgan fingerprint density at radius 2 is 1.04 bits per heavy atom. The molecular weight excluding hydrogens is 629 g/mol. The van der Waals surface area contributed by atoms with Gasteiger partial charge in [-0.05, 0) is 93.3 Å². The molecule has 0 N–H and O–H groups in total. The third-order valence-corrected chi connectivity index (χ3v) is 8.11. The molecule has 0 saturated carbocycles. The van der Waals surface area contributed by atoms with Crippen LogP contribution in [0.1, 0.15) is 68.2 Å². The topological polar surface area (TPSA) is 62.5 Å². The summed E-state index contributed by atoms with van der Waals surface area (Å²) in [7, 11) is 0. The molecule has 2 heterocycles. The minimum atomic E-state index is -4.41. The van der Waals surface area contributed by atoms with E-state index in [2.05, 4.69) is 54.8 Å². The molecule has 0 radical (unpaired) electrons. The van der Waals surface area contributed by atoms with E-state index in [0.29, 0.717) is 30.1 Å². The maximum Gasteiger partial charge on any atom is 0.416 e. The summed E-state index contributed by atoms with van der Waals surface area (Å²) in [5, 5.41) is 1.90. The van der Waals surface area contributed by atoms with E-state index >= 15 is 0 Å². The Morgan fingerprint density at radius 3 is 1.49 bits per heavy atom. The van der Waals surface area contributed by atoms with Gasteiger partial charge < -0.3 is 18.6 Å². The molecule has 6 rings (SSSR count). The van der Waals surface area contributed by atoms with Crippen molar-refractivity contribution in [2.24, 2.45) is 0 Å². The predicted molar refractivity (Wildman–Crippen MR) is 186 cm³/mol. The van der Waals surface area contributed by atoms with E-state index in [-0.39, 0.29) is 19.1 Å². The van der Waals surface area contributed by atoms with E-state index in [1.54, 1.807) is 23.6 Å². The fraction of sp³-hybridized carbons (Fsp3) is 0.250. The predicted octanol–water partition coefficient (Wildman–Crippen LogP) is 9.68. The number of carbonyl (C=O) groups is 2. The minimum Gasteiger partial charge on any atom is -0.461 e. The summed E-state index contributed by atoms with van der Waals surface area (Å²) in [6.07, 6.45) is -4.41. The second kappa shape index (κ2) is 14.8. The second-order valence-electron chi connectivity index (χ2n) is 12.0. The van der Waals surface area contributed by atoms with Crippen molar-refractivity contribution in [3.8, 4) is 0 Å². The monoisotopic (exact) mass is 668 g/mol. The first-order valence-electron chi connectivity index (χ1n) is 16.1. The van der Waals surface area contributed by atoms with Crippen LogP contribution in [0.15, 0.2) is 97.1 Å². The molecule has 6 aromatic rings. The number of esters is 2. The Kier molecular flexibility index (Phi) is 10.6. The number of carbonyl (C=O) groups excluding carboxylic acids is 2. The third-order valence-electron chi connectivity index (χ3n) is 8.11. The number of fused-ring (bicyclic) bond motifs is 2. The van der Waals surface area contributed by atoms with Crippen molar-refractivity contribution in [2.75, 3.05) is 13.2 Å². The summed E-state index contributed by atoms with van der Waals surface area (Å²) < 4.78 is 53.0. The normalized spacial score (nSPS) is 11.3. The maximum absolute atomic E-state index is 13.0. The first kappa shape index (κ1) is 35.0. The molecule has 0 amide bonds. The van der Waals surface area contributed by atoms with Crippen LogP contribution in [-0.4, -0.2) is 34.3 Å². The molecule has 0 bridgehead atoms. The van der Waals surface area contributed by atoms with Crippen molar-refractivity contribution in [1.29, 1.82) is 0 Å². The number of aromatic nitrogens is 2. The molecule has 4 aromatic carbocycles. The van der Waals surface area contributed by atoms with Crippen molar-refractivity contribution in [1.82, 2.24) is 9.13 Å². The number of ether oxygens (including phenoxy) is 2. The van der Waals surface area contributed by atoms with Crippen molar-refractivity contribution in [2.45, 2.75) is 53.9 Å². The zero-order valence-corrected chi connectivity index (χ0v) is 28.2. The number of rotatable bonds is 8. The summed E-state index contributed by atoms with van der Waals surface area (Å²) >= 11 is 0. The first-order valence-corrected chi connectivity index (χ1v) is 16.1. The molecule has 0 aliphatic heterocycles. The third kappa shape index (κ3) is 8.23. The Hall–Kier alpha value is -5.31. The number of aryl methyl sites for hydroxylation is 3. The lowest BCUT2D eigenvalue weighted by Gasteiger charge is -2.13. The molecule has 254 valence electrons. The lowest BCUT2D eigenvalue weighted by atomic mass is 10.1. The van der Waals surface area contributed by atoms with Crippen LogP contribution in [0, 0.1) is 20.8 Å². The highest BCUT2D eigenvalue weighted by Crippen LogP contribution is 2.31. The summed E-state index contributed by atoms with van der Waals surface area (Å²) in [4.78, 5) is 24.6. The highest BCUT2D eigenvalue weighted by Gasteiger charge is 2.30. The van der Waals surface area contributed by atoms with E-state index in [1.165, 1.54) is 22.8 Å². The van der Waals surface area contributed by atoms with E-state index in [9.17, 15) is 22.8 Å². The van der Waals surface area contributed by atoms with Crippen LogP contribution in [0.2, 0.25) is 0 Å². The molecular formula is C40H39F3N2O4. The van der Waals surface area contributed by atoms with Crippen LogP contribution in [0.5, 0.6) is 0 Å².